The maximum absolute atomic E-state index is 12.3. The Hall–Kier alpha value is -2.08. The van der Waals surface area contributed by atoms with E-state index in [1.165, 1.54) is 19.1 Å². The van der Waals surface area contributed by atoms with Crippen molar-refractivity contribution in [2.75, 3.05) is 47.4 Å². The molecular formula is C22H34N2O4. The molecule has 0 radical (unpaired) electrons. The zero-order chi connectivity index (χ0) is 20.4. The van der Waals surface area contributed by atoms with Crippen LogP contribution in [-0.4, -0.2) is 69.1 Å². The van der Waals surface area contributed by atoms with Crippen LogP contribution in [0.1, 0.15) is 37.7 Å². The summed E-state index contributed by atoms with van der Waals surface area (Å²) in [5, 5.41) is 0. The minimum Gasteiger partial charge on any atom is -0.496 e. The summed E-state index contributed by atoms with van der Waals surface area (Å²) in [5.41, 5.74) is 1.24. The number of likely N-dealkylation sites (tertiary alicyclic amines) is 1. The van der Waals surface area contributed by atoms with E-state index in [1.807, 2.05) is 24.1 Å². The van der Waals surface area contributed by atoms with Gasteiger partial charge in [0.05, 0.1) is 14.2 Å². The number of benzene rings is 1. The number of methoxy groups -OCH3 is 2. The van der Waals surface area contributed by atoms with E-state index in [-0.39, 0.29) is 11.9 Å². The van der Waals surface area contributed by atoms with Gasteiger partial charge in [-0.15, -0.1) is 0 Å². The molecule has 0 spiro atoms. The SMILES string of the molecule is COC(=O)CCCC(=O)N(C)C[C@H]1CCCN(CCc2ccccc2OC)C1. The van der Waals surface area contributed by atoms with Crippen LogP contribution in [0.25, 0.3) is 0 Å². The number of esters is 1. The number of ether oxygens (including phenoxy) is 2. The van der Waals surface area contributed by atoms with E-state index >= 15 is 0 Å². The Kier molecular flexibility index (Phi) is 9.28. The zero-order valence-corrected chi connectivity index (χ0v) is 17.5. The zero-order valence-electron chi connectivity index (χ0n) is 17.5. The number of piperidine rings is 1. The van der Waals surface area contributed by atoms with Crippen molar-refractivity contribution in [3.63, 3.8) is 0 Å². The Bertz CT molecular complexity index is 635. The first-order chi connectivity index (χ1) is 13.5. The van der Waals surface area contributed by atoms with Crippen molar-refractivity contribution in [1.82, 2.24) is 9.80 Å². The van der Waals surface area contributed by atoms with Crippen LogP contribution in [-0.2, 0) is 20.7 Å². The highest BCUT2D eigenvalue weighted by atomic mass is 16.5. The first-order valence-electron chi connectivity index (χ1n) is 10.2. The quantitative estimate of drug-likeness (QED) is 0.575. The predicted octanol–water partition coefficient (Wildman–Crippen LogP) is 2.75. The summed E-state index contributed by atoms with van der Waals surface area (Å²) in [6, 6.07) is 8.19. The maximum atomic E-state index is 12.3. The van der Waals surface area contributed by atoms with Crippen molar-refractivity contribution in [2.45, 2.75) is 38.5 Å². The van der Waals surface area contributed by atoms with Crippen molar-refractivity contribution in [2.24, 2.45) is 5.92 Å². The van der Waals surface area contributed by atoms with Gasteiger partial charge in [0.1, 0.15) is 5.75 Å². The number of para-hydroxylation sites is 1. The number of rotatable bonds is 10. The maximum Gasteiger partial charge on any atom is 0.305 e. The van der Waals surface area contributed by atoms with Crippen LogP contribution in [0.4, 0.5) is 0 Å². The minimum absolute atomic E-state index is 0.107. The second kappa shape index (κ2) is 11.7. The number of nitrogens with zero attached hydrogens (tertiary/aromatic N) is 2. The van der Waals surface area contributed by atoms with E-state index in [1.54, 1.807) is 7.11 Å². The number of carbonyl (C=O) groups is 2. The fraction of sp³-hybridized carbons (Fsp3) is 0.636. The number of hydrogen-bond donors (Lipinski definition) is 0. The van der Waals surface area contributed by atoms with Crippen molar-refractivity contribution in [1.29, 1.82) is 0 Å². The third kappa shape index (κ3) is 7.15. The van der Waals surface area contributed by atoms with Crippen molar-refractivity contribution < 1.29 is 19.1 Å². The van der Waals surface area contributed by atoms with Gasteiger partial charge in [-0.05, 0) is 49.8 Å². The lowest BCUT2D eigenvalue weighted by Gasteiger charge is -2.35. The van der Waals surface area contributed by atoms with Crippen LogP contribution >= 0.6 is 0 Å². The van der Waals surface area contributed by atoms with E-state index in [2.05, 4.69) is 21.8 Å². The third-order valence-corrected chi connectivity index (χ3v) is 5.45. The number of amides is 1. The summed E-state index contributed by atoms with van der Waals surface area (Å²) < 4.78 is 10.1. The molecule has 0 N–H and O–H groups in total. The van der Waals surface area contributed by atoms with Crippen LogP contribution in [0.2, 0.25) is 0 Å². The Labute approximate surface area is 168 Å². The highest BCUT2D eigenvalue weighted by molar-refractivity contribution is 5.77. The van der Waals surface area contributed by atoms with Crippen LogP contribution in [0.15, 0.2) is 24.3 Å². The fourth-order valence-electron chi connectivity index (χ4n) is 3.86. The van der Waals surface area contributed by atoms with E-state index in [4.69, 9.17) is 4.74 Å². The Balaban J connectivity index is 1.74. The molecular weight excluding hydrogens is 356 g/mol. The van der Waals surface area contributed by atoms with Crippen molar-refractivity contribution in [3.8, 4) is 5.75 Å². The summed E-state index contributed by atoms with van der Waals surface area (Å²) in [7, 11) is 4.96. The number of carbonyl (C=O) groups excluding carboxylic acids is 2. The molecule has 1 atom stereocenters. The van der Waals surface area contributed by atoms with Gasteiger partial charge in [0.25, 0.3) is 0 Å². The average Bonchev–Trinajstić information content (AvgIpc) is 2.72. The Morgan fingerprint density at radius 3 is 2.75 bits per heavy atom. The average molecular weight is 391 g/mol. The normalized spacial score (nSPS) is 17.2. The van der Waals surface area contributed by atoms with Gasteiger partial charge < -0.3 is 19.3 Å². The van der Waals surface area contributed by atoms with Gasteiger partial charge in [0, 0.05) is 39.5 Å². The third-order valence-electron chi connectivity index (χ3n) is 5.45. The molecule has 28 heavy (non-hydrogen) atoms. The van der Waals surface area contributed by atoms with Gasteiger partial charge in [0.2, 0.25) is 5.91 Å². The molecule has 0 saturated carbocycles. The molecule has 1 heterocycles. The summed E-state index contributed by atoms with van der Waals surface area (Å²) in [4.78, 5) is 27.8. The lowest BCUT2D eigenvalue weighted by atomic mass is 9.97. The smallest absolute Gasteiger partial charge is 0.305 e. The molecule has 1 saturated heterocycles. The molecule has 2 rings (SSSR count). The second-order valence-corrected chi connectivity index (χ2v) is 7.57. The first kappa shape index (κ1) is 22.2. The highest BCUT2D eigenvalue weighted by Crippen LogP contribution is 2.21. The molecule has 156 valence electrons. The monoisotopic (exact) mass is 390 g/mol. The fourth-order valence-corrected chi connectivity index (χ4v) is 3.86. The minimum atomic E-state index is -0.256. The summed E-state index contributed by atoms with van der Waals surface area (Å²) in [6.45, 7) is 3.92. The van der Waals surface area contributed by atoms with E-state index < -0.39 is 0 Å². The van der Waals surface area contributed by atoms with Gasteiger partial charge in [-0.3, -0.25) is 9.59 Å². The van der Waals surface area contributed by atoms with Crippen molar-refractivity contribution in [3.05, 3.63) is 29.8 Å². The molecule has 1 aromatic rings. The van der Waals surface area contributed by atoms with Gasteiger partial charge in [0.15, 0.2) is 0 Å². The Morgan fingerprint density at radius 1 is 1.21 bits per heavy atom. The lowest BCUT2D eigenvalue weighted by molar-refractivity contribution is -0.140. The van der Waals surface area contributed by atoms with E-state index in [9.17, 15) is 9.59 Å². The van der Waals surface area contributed by atoms with Crippen LogP contribution < -0.4 is 4.74 Å². The molecule has 6 heteroatoms. The standard InChI is InChI=1S/C22H34N2O4/c1-23(21(25)11-6-12-22(26)28-3)16-18-8-7-14-24(17-18)15-13-19-9-4-5-10-20(19)27-2/h4-5,9-10,18H,6-8,11-17H2,1-3H3/t18-/m1/s1. The lowest BCUT2D eigenvalue weighted by Crippen LogP contribution is -2.42. The summed E-state index contributed by atoms with van der Waals surface area (Å²) in [5.74, 6) is 1.30. The van der Waals surface area contributed by atoms with Crippen LogP contribution in [0.3, 0.4) is 0 Å². The molecule has 1 aliphatic heterocycles. The van der Waals surface area contributed by atoms with E-state index in [0.29, 0.717) is 25.2 Å². The molecule has 0 aromatic heterocycles. The molecule has 0 unspecified atom stereocenters. The van der Waals surface area contributed by atoms with Crippen LogP contribution in [0.5, 0.6) is 5.75 Å². The van der Waals surface area contributed by atoms with Gasteiger partial charge in [-0.2, -0.15) is 0 Å². The second-order valence-electron chi connectivity index (χ2n) is 7.57. The highest BCUT2D eigenvalue weighted by Gasteiger charge is 2.22. The molecule has 1 amide bonds. The first-order valence-corrected chi connectivity index (χ1v) is 10.2. The predicted molar refractivity (Wildman–Crippen MR) is 109 cm³/mol. The largest absolute Gasteiger partial charge is 0.496 e. The Morgan fingerprint density at radius 2 is 2.00 bits per heavy atom. The van der Waals surface area contributed by atoms with Crippen LogP contribution in [0, 0.1) is 5.92 Å². The van der Waals surface area contributed by atoms with Gasteiger partial charge in [-0.25, -0.2) is 0 Å². The molecule has 0 bridgehead atoms. The molecule has 0 aliphatic carbocycles. The van der Waals surface area contributed by atoms with Gasteiger partial charge in [-0.1, -0.05) is 18.2 Å². The molecule has 1 aliphatic rings. The number of hydrogen-bond acceptors (Lipinski definition) is 5. The van der Waals surface area contributed by atoms with Gasteiger partial charge >= 0.3 is 5.97 Å². The van der Waals surface area contributed by atoms with E-state index in [0.717, 1.165) is 44.8 Å². The summed E-state index contributed by atoms with van der Waals surface area (Å²) >= 11 is 0. The molecule has 1 fully saturated rings. The molecule has 1 aromatic carbocycles. The molecule has 6 nitrogen and oxygen atoms in total. The topological polar surface area (TPSA) is 59.1 Å². The van der Waals surface area contributed by atoms with Crippen molar-refractivity contribution >= 4 is 11.9 Å². The summed E-state index contributed by atoms with van der Waals surface area (Å²) in [6.07, 6.45) is 4.54.